The lowest BCUT2D eigenvalue weighted by atomic mass is 10.1. The maximum Gasteiger partial charge on any atom is 0.195 e. The molecule has 0 saturated heterocycles. The van der Waals surface area contributed by atoms with Gasteiger partial charge in [-0.15, -0.1) is 10.2 Å². The van der Waals surface area contributed by atoms with Gasteiger partial charge in [-0.25, -0.2) is 0 Å². The molecule has 4 nitrogen and oxygen atoms in total. The van der Waals surface area contributed by atoms with Crippen molar-refractivity contribution in [2.45, 2.75) is 45.4 Å². The van der Waals surface area contributed by atoms with Gasteiger partial charge in [0.05, 0.1) is 18.4 Å². The van der Waals surface area contributed by atoms with Crippen LogP contribution in [0.5, 0.6) is 0 Å². The summed E-state index contributed by atoms with van der Waals surface area (Å²) in [5.74, 6) is 1.81. The highest BCUT2D eigenvalue weighted by molar-refractivity contribution is 7.99. The molecule has 142 valence electrons. The predicted octanol–water partition coefficient (Wildman–Crippen LogP) is 4.99. The van der Waals surface area contributed by atoms with Gasteiger partial charge in [0.15, 0.2) is 5.16 Å². The van der Waals surface area contributed by atoms with E-state index in [1.165, 1.54) is 16.7 Å². The molecule has 0 aliphatic heterocycles. The van der Waals surface area contributed by atoms with Crippen molar-refractivity contribution in [2.75, 3.05) is 12.4 Å². The number of aromatic nitrogens is 3. The lowest BCUT2D eigenvalue weighted by molar-refractivity contribution is 0.0920. The lowest BCUT2D eigenvalue weighted by Gasteiger charge is -2.14. The van der Waals surface area contributed by atoms with Crippen LogP contribution in [0.3, 0.4) is 0 Å². The molecule has 0 radical (unpaired) electrons. The Morgan fingerprint density at radius 3 is 2.52 bits per heavy atom. The molecule has 0 saturated carbocycles. The van der Waals surface area contributed by atoms with Crippen molar-refractivity contribution in [2.24, 2.45) is 0 Å². The zero-order valence-corrected chi connectivity index (χ0v) is 17.3. The molecule has 0 aliphatic carbocycles. The van der Waals surface area contributed by atoms with Crippen LogP contribution in [0.25, 0.3) is 5.69 Å². The molecular weight excluding hydrogens is 354 g/mol. The van der Waals surface area contributed by atoms with E-state index >= 15 is 0 Å². The van der Waals surface area contributed by atoms with E-state index in [1.807, 2.05) is 6.07 Å². The van der Waals surface area contributed by atoms with Crippen LogP contribution in [-0.4, -0.2) is 33.2 Å². The van der Waals surface area contributed by atoms with E-state index in [0.29, 0.717) is 6.61 Å². The third kappa shape index (κ3) is 5.21. The molecule has 0 amide bonds. The number of aryl methyl sites for hydroxylation is 2. The average molecular weight is 382 g/mol. The molecule has 0 fully saturated rings. The largest absolute Gasteiger partial charge is 0.378 e. The third-order valence-electron chi connectivity index (χ3n) is 4.26. The minimum atomic E-state index is 0.247. The number of ether oxygens (including phenoxy) is 1. The second kappa shape index (κ2) is 9.20. The van der Waals surface area contributed by atoms with Gasteiger partial charge in [-0.05, 0) is 44.9 Å². The molecule has 5 heteroatoms. The molecule has 2 aromatic carbocycles. The van der Waals surface area contributed by atoms with Crippen LogP contribution < -0.4 is 0 Å². The minimum absolute atomic E-state index is 0.247. The van der Waals surface area contributed by atoms with Crippen molar-refractivity contribution >= 4 is 11.8 Å². The molecule has 27 heavy (non-hydrogen) atoms. The van der Waals surface area contributed by atoms with Gasteiger partial charge in [0.25, 0.3) is 0 Å². The van der Waals surface area contributed by atoms with Crippen LogP contribution in [0.1, 0.15) is 36.4 Å². The lowest BCUT2D eigenvalue weighted by Crippen LogP contribution is -2.08. The van der Waals surface area contributed by atoms with Gasteiger partial charge in [-0.2, -0.15) is 0 Å². The number of hydrogen-bond donors (Lipinski definition) is 0. The first-order valence-electron chi connectivity index (χ1n) is 9.35. The summed E-state index contributed by atoms with van der Waals surface area (Å²) >= 11 is 1.69. The van der Waals surface area contributed by atoms with Crippen molar-refractivity contribution in [3.63, 3.8) is 0 Å². The Morgan fingerprint density at radius 1 is 1.04 bits per heavy atom. The summed E-state index contributed by atoms with van der Waals surface area (Å²) < 4.78 is 7.87. The SMILES string of the molecule is Cc1ccc(-n2c(Cc3ccccc3)nnc2SCCOC(C)C)c(C)c1. The van der Waals surface area contributed by atoms with E-state index in [2.05, 4.69) is 84.9 Å². The van der Waals surface area contributed by atoms with Crippen molar-refractivity contribution in [1.82, 2.24) is 14.8 Å². The first-order chi connectivity index (χ1) is 13.0. The van der Waals surface area contributed by atoms with Crippen molar-refractivity contribution in [3.05, 3.63) is 71.0 Å². The number of rotatable bonds is 8. The average Bonchev–Trinajstić information content (AvgIpc) is 3.02. The van der Waals surface area contributed by atoms with Crippen molar-refractivity contribution < 1.29 is 4.74 Å². The summed E-state index contributed by atoms with van der Waals surface area (Å²) in [6, 6.07) is 16.9. The molecule has 0 unspecified atom stereocenters. The zero-order valence-electron chi connectivity index (χ0n) is 16.5. The van der Waals surface area contributed by atoms with Crippen LogP contribution in [0.2, 0.25) is 0 Å². The highest BCUT2D eigenvalue weighted by atomic mass is 32.2. The van der Waals surface area contributed by atoms with Gasteiger partial charge in [0, 0.05) is 12.2 Å². The van der Waals surface area contributed by atoms with E-state index in [9.17, 15) is 0 Å². The van der Waals surface area contributed by atoms with Crippen LogP contribution in [-0.2, 0) is 11.2 Å². The number of thioether (sulfide) groups is 1. The maximum atomic E-state index is 5.67. The van der Waals surface area contributed by atoms with E-state index in [0.717, 1.165) is 28.8 Å². The Morgan fingerprint density at radius 2 is 1.81 bits per heavy atom. The molecule has 0 N–H and O–H groups in total. The van der Waals surface area contributed by atoms with Gasteiger partial charge in [0.2, 0.25) is 0 Å². The van der Waals surface area contributed by atoms with Gasteiger partial charge in [-0.1, -0.05) is 59.8 Å². The van der Waals surface area contributed by atoms with Gasteiger partial charge >= 0.3 is 0 Å². The molecule has 3 rings (SSSR count). The molecule has 0 spiro atoms. The second-order valence-electron chi connectivity index (χ2n) is 6.95. The van der Waals surface area contributed by atoms with Crippen LogP contribution in [0, 0.1) is 13.8 Å². The van der Waals surface area contributed by atoms with Crippen molar-refractivity contribution in [3.8, 4) is 5.69 Å². The Labute approximate surface area is 166 Å². The van der Waals surface area contributed by atoms with E-state index < -0.39 is 0 Å². The fourth-order valence-electron chi connectivity index (χ4n) is 3.00. The first-order valence-corrected chi connectivity index (χ1v) is 10.3. The van der Waals surface area contributed by atoms with Gasteiger partial charge in [-0.3, -0.25) is 4.57 Å². The Balaban J connectivity index is 1.91. The smallest absolute Gasteiger partial charge is 0.195 e. The standard InChI is InChI=1S/C22H27N3OS/c1-16(2)26-12-13-27-22-24-23-21(15-19-8-6-5-7-9-19)25(22)20-11-10-17(3)14-18(20)4/h5-11,14,16H,12-13,15H2,1-4H3. The molecule has 1 heterocycles. The highest BCUT2D eigenvalue weighted by Gasteiger charge is 2.16. The topological polar surface area (TPSA) is 39.9 Å². The van der Waals surface area contributed by atoms with Gasteiger partial charge in [0.1, 0.15) is 5.82 Å². The van der Waals surface area contributed by atoms with E-state index in [4.69, 9.17) is 4.74 Å². The van der Waals surface area contributed by atoms with Crippen LogP contribution in [0.15, 0.2) is 53.7 Å². The molecular formula is C22H27N3OS. The first kappa shape index (κ1) is 19.6. The fourth-order valence-corrected chi connectivity index (χ4v) is 3.80. The van der Waals surface area contributed by atoms with Crippen LogP contribution in [0.4, 0.5) is 0 Å². The summed E-state index contributed by atoms with van der Waals surface area (Å²) in [4.78, 5) is 0. The Hall–Kier alpha value is -2.11. The quantitative estimate of drug-likeness (QED) is 0.407. The monoisotopic (exact) mass is 381 g/mol. The summed E-state index contributed by atoms with van der Waals surface area (Å²) in [6.45, 7) is 9.08. The Bertz CT molecular complexity index is 875. The summed E-state index contributed by atoms with van der Waals surface area (Å²) in [7, 11) is 0. The van der Waals surface area contributed by atoms with Crippen LogP contribution >= 0.6 is 11.8 Å². The van der Waals surface area contributed by atoms with E-state index in [1.54, 1.807) is 11.8 Å². The molecule has 3 aromatic rings. The molecule has 0 aliphatic rings. The molecule has 1 aromatic heterocycles. The summed E-state index contributed by atoms with van der Waals surface area (Å²) in [6.07, 6.45) is 1.00. The Kier molecular flexibility index (Phi) is 6.69. The number of hydrogen-bond acceptors (Lipinski definition) is 4. The van der Waals surface area contributed by atoms with Crippen molar-refractivity contribution in [1.29, 1.82) is 0 Å². The predicted molar refractivity (Wildman–Crippen MR) is 112 cm³/mol. The maximum absolute atomic E-state index is 5.67. The highest BCUT2D eigenvalue weighted by Crippen LogP contribution is 2.26. The summed E-state index contributed by atoms with van der Waals surface area (Å²) in [5.41, 5.74) is 4.86. The number of benzene rings is 2. The third-order valence-corrected chi connectivity index (χ3v) is 5.16. The fraction of sp³-hybridized carbons (Fsp3) is 0.364. The number of nitrogens with zero attached hydrogens (tertiary/aromatic N) is 3. The second-order valence-corrected chi connectivity index (χ2v) is 8.02. The van der Waals surface area contributed by atoms with Gasteiger partial charge < -0.3 is 4.74 Å². The van der Waals surface area contributed by atoms with E-state index in [-0.39, 0.29) is 6.10 Å². The normalized spacial score (nSPS) is 11.3. The molecule has 0 atom stereocenters. The minimum Gasteiger partial charge on any atom is -0.378 e. The zero-order chi connectivity index (χ0) is 19.2. The molecule has 0 bridgehead atoms. The summed E-state index contributed by atoms with van der Waals surface area (Å²) in [5, 5.41) is 9.92.